The van der Waals surface area contributed by atoms with E-state index in [0.717, 1.165) is 12.1 Å². The molecule has 21 heavy (non-hydrogen) atoms. The van der Waals surface area contributed by atoms with Crippen LogP contribution in [0, 0.1) is 0 Å². The Morgan fingerprint density at radius 2 is 2.05 bits per heavy atom. The SMILES string of the molecule is CCc1c(C(=O)NCCN)cnn1Cc1ccccc1.Cl. The maximum Gasteiger partial charge on any atom is 0.254 e. The Kier molecular flexibility index (Phi) is 6.91. The van der Waals surface area contributed by atoms with Crippen LogP contribution in [0.15, 0.2) is 36.5 Å². The predicted molar refractivity (Wildman–Crippen MR) is 85.8 cm³/mol. The number of benzene rings is 1. The van der Waals surface area contributed by atoms with Crippen LogP contribution in [0.5, 0.6) is 0 Å². The highest BCUT2D eigenvalue weighted by atomic mass is 35.5. The fraction of sp³-hybridized carbons (Fsp3) is 0.333. The number of hydrogen-bond acceptors (Lipinski definition) is 3. The highest BCUT2D eigenvalue weighted by Gasteiger charge is 2.15. The maximum absolute atomic E-state index is 12.0. The minimum atomic E-state index is -0.105. The van der Waals surface area contributed by atoms with Gasteiger partial charge in [-0.15, -0.1) is 12.4 Å². The maximum atomic E-state index is 12.0. The number of hydrogen-bond donors (Lipinski definition) is 2. The van der Waals surface area contributed by atoms with E-state index in [4.69, 9.17) is 5.73 Å². The molecular weight excluding hydrogens is 288 g/mol. The van der Waals surface area contributed by atoms with Gasteiger partial charge in [0.05, 0.1) is 24.0 Å². The summed E-state index contributed by atoms with van der Waals surface area (Å²) in [5, 5.41) is 7.12. The molecule has 6 heteroatoms. The Hall–Kier alpha value is -1.85. The van der Waals surface area contributed by atoms with E-state index in [1.165, 1.54) is 5.56 Å². The number of nitrogens with one attached hydrogen (secondary N) is 1. The van der Waals surface area contributed by atoms with Crippen molar-refractivity contribution in [1.29, 1.82) is 0 Å². The van der Waals surface area contributed by atoms with Crippen LogP contribution in [0.1, 0.15) is 28.5 Å². The van der Waals surface area contributed by atoms with Crippen LogP contribution in [0.2, 0.25) is 0 Å². The lowest BCUT2D eigenvalue weighted by Gasteiger charge is -2.08. The highest BCUT2D eigenvalue weighted by molar-refractivity contribution is 5.95. The summed E-state index contributed by atoms with van der Waals surface area (Å²) in [5.74, 6) is -0.105. The Balaban J connectivity index is 0.00000220. The molecule has 1 amide bonds. The topological polar surface area (TPSA) is 72.9 Å². The molecule has 0 bridgehead atoms. The van der Waals surface area contributed by atoms with Gasteiger partial charge in [-0.3, -0.25) is 9.48 Å². The predicted octanol–water partition coefficient (Wildman–Crippen LogP) is 1.60. The van der Waals surface area contributed by atoms with E-state index in [1.807, 2.05) is 29.8 Å². The van der Waals surface area contributed by atoms with E-state index >= 15 is 0 Å². The summed E-state index contributed by atoms with van der Waals surface area (Å²) in [6.45, 7) is 3.61. The van der Waals surface area contributed by atoms with Gasteiger partial charge in [-0.25, -0.2) is 0 Å². The van der Waals surface area contributed by atoms with Crippen molar-refractivity contribution >= 4 is 18.3 Å². The third-order valence-corrected chi connectivity index (χ3v) is 3.13. The van der Waals surface area contributed by atoms with Crippen LogP contribution in [0.3, 0.4) is 0 Å². The second-order valence-corrected chi connectivity index (χ2v) is 4.55. The molecule has 1 aromatic heterocycles. The largest absolute Gasteiger partial charge is 0.351 e. The van der Waals surface area contributed by atoms with E-state index in [0.29, 0.717) is 25.2 Å². The molecule has 0 fully saturated rings. The molecule has 1 aromatic carbocycles. The summed E-state index contributed by atoms with van der Waals surface area (Å²) in [5.41, 5.74) is 8.15. The van der Waals surface area contributed by atoms with Gasteiger partial charge < -0.3 is 11.1 Å². The average molecular weight is 309 g/mol. The van der Waals surface area contributed by atoms with Gasteiger partial charge in [0.1, 0.15) is 0 Å². The zero-order valence-electron chi connectivity index (χ0n) is 12.1. The van der Waals surface area contributed by atoms with Crippen LogP contribution in [-0.2, 0) is 13.0 Å². The van der Waals surface area contributed by atoms with Gasteiger partial charge in [-0.1, -0.05) is 37.3 Å². The lowest BCUT2D eigenvalue weighted by atomic mass is 10.1. The van der Waals surface area contributed by atoms with E-state index < -0.39 is 0 Å². The monoisotopic (exact) mass is 308 g/mol. The van der Waals surface area contributed by atoms with E-state index in [2.05, 4.69) is 22.5 Å². The quantitative estimate of drug-likeness (QED) is 0.851. The molecule has 3 N–H and O–H groups in total. The molecule has 114 valence electrons. The summed E-state index contributed by atoms with van der Waals surface area (Å²) in [6.07, 6.45) is 2.39. The molecular formula is C15H21ClN4O. The Morgan fingerprint density at radius 1 is 1.33 bits per heavy atom. The zero-order chi connectivity index (χ0) is 14.4. The van der Waals surface area contributed by atoms with E-state index in [1.54, 1.807) is 6.20 Å². The second kappa shape index (κ2) is 8.44. The molecule has 0 aliphatic carbocycles. The lowest BCUT2D eigenvalue weighted by molar-refractivity contribution is 0.0953. The molecule has 0 aliphatic rings. The fourth-order valence-electron chi connectivity index (χ4n) is 2.15. The van der Waals surface area contributed by atoms with Crippen LogP contribution in [0.25, 0.3) is 0 Å². The number of nitrogens with zero attached hydrogens (tertiary/aromatic N) is 2. The first kappa shape index (κ1) is 17.2. The Labute approximate surface area is 130 Å². The number of carbonyl (C=O) groups excluding carboxylic acids is 1. The molecule has 0 atom stereocenters. The summed E-state index contributed by atoms with van der Waals surface area (Å²) in [6, 6.07) is 10.1. The molecule has 2 rings (SSSR count). The van der Waals surface area contributed by atoms with Crippen molar-refractivity contribution in [3.63, 3.8) is 0 Å². The molecule has 0 spiro atoms. The van der Waals surface area contributed by atoms with Crippen molar-refractivity contribution in [2.24, 2.45) is 5.73 Å². The van der Waals surface area contributed by atoms with Crippen LogP contribution in [0.4, 0.5) is 0 Å². The van der Waals surface area contributed by atoms with Crippen molar-refractivity contribution in [3.8, 4) is 0 Å². The van der Waals surface area contributed by atoms with Crippen molar-refractivity contribution in [3.05, 3.63) is 53.3 Å². The minimum absolute atomic E-state index is 0. The van der Waals surface area contributed by atoms with Crippen LogP contribution < -0.4 is 11.1 Å². The fourth-order valence-corrected chi connectivity index (χ4v) is 2.15. The number of amides is 1. The number of nitrogens with two attached hydrogens (primary N) is 1. The summed E-state index contributed by atoms with van der Waals surface area (Å²) in [7, 11) is 0. The molecule has 0 aliphatic heterocycles. The van der Waals surface area contributed by atoms with Crippen molar-refractivity contribution in [2.75, 3.05) is 13.1 Å². The Bertz CT molecular complexity index is 568. The molecule has 0 saturated carbocycles. The van der Waals surface area contributed by atoms with Crippen molar-refractivity contribution in [2.45, 2.75) is 19.9 Å². The molecule has 0 unspecified atom stereocenters. The van der Waals surface area contributed by atoms with Gasteiger partial charge in [0, 0.05) is 13.1 Å². The summed E-state index contributed by atoms with van der Waals surface area (Å²) < 4.78 is 1.88. The third-order valence-electron chi connectivity index (χ3n) is 3.13. The van der Waals surface area contributed by atoms with Crippen molar-refractivity contribution in [1.82, 2.24) is 15.1 Å². The van der Waals surface area contributed by atoms with Crippen LogP contribution in [-0.4, -0.2) is 28.8 Å². The van der Waals surface area contributed by atoms with Gasteiger partial charge >= 0.3 is 0 Å². The van der Waals surface area contributed by atoms with E-state index in [9.17, 15) is 4.79 Å². The summed E-state index contributed by atoms with van der Waals surface area (Å²) >= 11 is 0. The van der Waals surface area contributed by atoms with Gasteiger partial charge in [0.15, 0.2) is 0 Å². The first-order valence-corrected chi connectivity index (χ1v) is 6.83. The first-order valence-electron chi connectivity index (χ1n) is 6.83. The molecule has 1 heterocycles. The highest BCUT2D eigenvalue weighted by Crippen LogP contribution is 2.12. The number of aromatic nitrogens is 2. The standard InChI is InChI=1S/C15H20N4O.ClH/c1-2-14-13(15(20)17-9-8-16)10-18-19(14)11-12-6-4-3-5-7-12;/h3-7,10H,2,8-9,11,16H2,1H3,(H,17,20);1H. The zero-order valence-corrected chi connectivity index (χ0v) is 12.9. The summed E-state index contributed by atoms with van der Waals surface area (Å²) in [4.78, 5) is 12.0. The van der Waals surface area contributed by atoms with E-state index in [-0.39, 0.29) is 18.3 Å². The van der Waals surface area contributed by atoms with Crippen LogP contribution >= 0.6 is 12.4 Å². The molecule has 5 nitrogen and oxygen atoms in total. The molecule has 0 saturated heterocycles. The van der Waals surface area contributed by atoms with Gasteiger partial charge in [-0.05, 0) is 12.0 Å². The smallest absolute Gasteiger partial charge is 0.254 e. The van der Waals surface area contributed by atoms with Gasteiger partial charge in [-0.2, -0.15) is 5.10 Å². The molecule has 0 radical (unpaired) electrons. The van der Waals surface area contributed by atoms with Gasteiger partial charge in [0.2, 0.25) is 0 Å². The number of rotatable bonds is 6. The molecule has 2 aromatic rings. The minimum Gasteiger partial charge on any atom is -0.351 e. The number of carbonyl (C=O) groups is 1. The number of halogens is 1. The normalized spacial score (nSPS) is 10.0. The lowest BCUT2D eigenvalue weighted by Crippen LogP contribution is -2.29. The Morgan fingerprint density at radius 3 is 2.67 bits per heavy atom. The van der Waals surface area contributed by atoms with Crippen molar-refractivity contribution < 1.29 is 4.79 Å². The average Bonchev–Trinajstić information content (AvgIpc) is 2.88. The van der Waals surface area contributed by atoms with Gasteiger partial charge in [0.25, 0.3) is 5.91 Å². The first-order chi connectivity index (χ1) is 9.76. The third kappa shape index (κ3) is 4.31. The second-order valence-electron chi connectivity index (χ2n) is 4.55.